The van der Waals surface area contributed by atoms with E-state index in [1.165, 1.54) is 11.1 Å². The molecular formula is C24H31N5O2. The predicted molar refractivity (Wildman–Crippen MR) is 124 cm³/mol. The van der Waals surface area contributed by atoms with Crippen molar-refractivity contribution in [1.82, 2.24) is 4.90 Å². The van der Waals surface area contributed by atoms with Crippen LogP contribution in [0.3, 0.4) is 0 Å². The Balaban J connectivity index is 1.43. The molecule has 0 radical (unpaired) electrons. The SMILES string of the molecule is COc1cc2c(cc1C1(N)N=Cc3ccc(NCC4(C)COC4)cc3N1)CN(C)CC2. The van der Waals surface area contributed by atoms with Crippen LogP contribution >= 0.6 is 0 Å². The van der Waals surface area contributed by atoms with Crippen LogP contribution in [0, 0.1) is 5.41 Å². The van der Waals surface area contributed by atoms with Crippen LogP contribution < -0.4 is 21.1 Å². The fourth-order valence-electron chi connectivity index (χ4n) is 4.50. The number of hydrogen-bond acceptors (Lipinski definition) is 7. The highest BCUT2D eigenvalue weighted by atomic mass is 16.5. The highest BCUT2D eigenvalue weighted by Gasteiger charge is 2.35. The van der Waals surface area contributed by atoms with Gasteiger partial charge in [-0.2, -0.15) is 0 Å². The van der Waals surface area contributed by atoms with Gasteiger partial charge in [-0.25, -0.2) is 4.99 Å². The zero-order valence-corrected chi connectivity index (χ0v) is 18.5. The average Bonchev–Trinajstić information content (AvgIpc) is 2.75. The van der Waals surface area contributed by atoms with E-state index in [0.29, 0.717) is 0 Å². The Bertz CT molecular complexity index is 1030. The Morgan fingerprint density at radius 1 is 1.26 bits per heavy atom. The van der Waals surface area contributed by atoms with Gasteiger partial charge in [-0.3, -0.25) is 5.73 Å². The fourth-order valence-corrected chi connectivity index (χ4v) is 4.50. The molecule has 0 aromatic heterocycles. The van der Waals surface area contributed by atoms with Crippen LogP contribution in [0.5, 0.6) is 5.75 Å². The molecule has 2 aromatic carbocycles. The Kier molecular flexibility index (Phi) is 4.92. The van der Waals surface area contributed by atoms with E-state index in [1.807, 2.05) is 6.21 Å². The van der Waals surface area contributed by atoms with Gasteiger partial charge < -0.3 is 25.0 Å². The number of likely N-dealkylation sites (N-methyl/N-ethyl adjacent to an activating group) is 1. The Labute approximate surface area is 183 Å². The smallest absolute Gasteiger partial charge is 0.212 e. The number of ether oxygens (including phenoxy) is 2. The van der Waals surface area contributed by atoms with Crippen LogP contribution in [0.1, 0.15) is 29.2 Å². The number of fused-ring (bicyclic) bond motifs is 2. The molecule has 0 spiro atoms. The van der Waals surface area contributed by atoms with E-state index in [0.717, 1.165) is 67.5 Å². The van der Waals surface area contributed by atoms with Gasteiger partial charge in [0, 0.05) is 48.2 Å². The lowest BCUT2D eigenvalue weighted by Gasteiger charge is -2.38. The first-order chi connectivity index (χ1) is 14.9. The maximum Gasteiger partial charge on any atom is 0.212 e. The number of rotatable bonds is 5. The lowest BCUT2D eigenvalue weighted by atomic mass is 9.88. The molecular weight excluding hydrogens is 390 g/mol. The summed E-state index contributed by atoms with van der Waals surface area (Å²) >= 11 is 0. The van der Waals surface area contributed by atoms with Crippen molar-refractivity contribution in [2.75, 3.05) is 51.1 Å². The molecule has 4 N–H and O–H groups in total. The first-order valence-electron chi connectivity index (χ1n) is 10.8. The van der Waals surface area contributed by atoms with Gasteiger partial charge in [0.2, 0.25) is 5.79 Å². The third-order valence-electron chi connectivity index (χ3n) is 6.54. The Morgan fingerprint density at radius 2 is 2.10 bits per heavy atom. The molecule has 7 heteroatoms. The largest absolute Gasteiger partial charge is 0.496 e. The van der Waals surface area contributed by atoms with Crippen LogP contribution in [0.2, 0.25) is 0 Å². The van der Waals surface area contributed by atoms with Crippen LogP contribution in [0.4, 0.5) is 11.4 Å². The molecule has 3 heterocycles. The quantitative estimate of drug-likeness (QED) is 0.689. The lowest BCUT2D eigenvalue weighted by molar-refractivity contribution is -0.0924. The minimum Gasteiger partial charge on any atom is -0.496 e. The van der Waals surface area contributed by atoms with E-state index >= 15 is 0 Å². The second-order valence-electron chi connectivity index (χ2n) is 9.42. The van der Waals surface area contributed by atoms with Gasteiger partial charge in [-0.15, -0.1) is 0 Å². The first kappa shape index (κ1) is 20.3. The van der Waals surface area contributed by atoms with Crippen LogP contribution in [0.25, 0.3) is 0 Å². The summed E-state index contributed by atoms with van der Waals surface area (Å²) in [5.41, 5.74) is 13.5. The maximum atomic E-state index is 6.82. The number of nitrogens with one attached hydrogen (secondary N) is 2. The fraction of sp³-hybridized carbons (Fsp3) is 0.458. The molecule has 0 bridgehead atoms. The summed E-state index contributed by atoms with van der Waals surface area (Å²) in [7, 11) is 3.83. The molecule has 0 aliphatic carbocycles. The number of aliphatic imine (C=N–C) groups is 1. The van der Waals surface area contributed by atoms with Crippen molar-refractivity contribution < 1.29 is 9.47 Å². The van der Waals surface area contributed by atoms with Crippen LogP contribution in [-0.2, 0) is 23.5 Å². The number of benzene rings is 2. The molecule has 3 aliphatic heterocycles. The molecule has 1 fully saturated rings. The number of nitrogens with two attached hydrogens (primary N) is 1. The summed E-state index contributed by atoms with van der Waals surface area (Å²) < 4.78 is 11.1. The summed E-state index contributed by atoms with van der Waals surface area (Å²) in [5, 5.41) is 7.01. The molecule has 1 unspecified atom stereocenters. The molecule has 1 atom stereocenters. The Morgan fingerprint density at radius 3 is 2.84 bits per heavy atom. The van der Waals surface area contributed by atoms with Crippen molar-refractivity contribution in [3.8, 4) is 5.75 Å². The van der Waals surface area contributed by atoms with Crippen LogP contribution in [-0.4, -0.2) is 51.6 Å². The third-order valence-corrected chi connectivity index (χ3v) is 6.54. The average molecular weight is 422 g/mol. The van der Waals surface area contributed by atoms with Crippen molar-refractivity contribution in [2.24, 2.45) is 16.1 Å². The molecule has 2 aromatic rings. The zero-order valence-electron chi connectivity index (χ0n) is 18.5. The summed E-state index contributed by atoms with van der Waals surface area (Å²) in [6.07, 6.45) is 2.86. The lowest BCUT2D eigenvalue weighted by Crippen LogP contribution is -2.45. The summed E-state index contributed by atoms with van der Waals surface area (Å²) in [6.45, 7) is 6.66. The van der Waals surface area contributed by atoms with E-state index in [2.05, 4.69) is 59.8 Å². The second kappa shape index (κ2) is 7.51. The van der Waals surface area contributed by atoms with Crippen molar-refractivity contribution in [3.05, 3.63) is 52.6 Å². The minimum atomic E-state index is -1.09. The minimum absolute atomic E-state index is 0.200. The van der Waals surface area contributed by atoms with E-state index in [1.54, 1.807) is 7.11 Å². The van der Waals surface area contributed by atoms with E-state index in [4.69, 9.17) is 20.2 Å². The second-order valence-corrected chi connectivity index (χ2v) is 9.42. The standard InChI is InChI=1S/C24H31N5O2/c1-23(14-31-15-23)13-26-19-5-4-17-11-27-24(25,28-21(17)10-19)20-8-18-12-29(2)7-6-16(18)9-22(20)30-3/h4-5,8-11,26,28H,6-7,12-15,25H2,1-3H3. The van der Waals surface area contributed by atoms with Gasteiger partial charge in [-0.05, 0) is 54.9 Å². The third kappa shape index (κ3) is 3.78. The van der Waals surface area contributed by atoms with Gasteiger partial charge in [0.1, 0.15) is 5.75 Å². The van der Waals surface area contributed by atoms with Gasteiger partial charge in [0.25, 0.3) is 0 Å². The molecule has 1 saturated heterocycles. The topological polar surface area (TPSA) is 84.1 Å². The highest BCUT2D eigenvalue weighted by Crippen LogP contribution is 2.38. The van der Waals surface area contributed by atoms with Crippen molar-refractivity contribution in [3.63, 3.8) is 0 Å². The predicted octanol–water partition coefficient (Wildman–Crippen LogP) is 2.75. The monoisotopic (exact) mass is 421 g/mol. The summed E-state index contributed by atoms with van der Waals surface area (Å²) in [6, 6.07) is 10.5. The first-order valence-corrected chi connectivity index (χ1v) is 10.8. The Hall–Kier alpha value is -2.61. The van der Waals surface area contributed by atoms with Gasteiger partial charge in [-0.1, -0.05) is 6.92 Å². The number of methoxy groups -OCH3 is 1. The summed E-state index contributed by atoms with van der Waals surface area (Å²) in [4.78, 5) is 7.02. The number of hydrogen-bond donors (Lipinski definition) is 3. The molecule has 5 rings (SSSR count). The van der Waals surface area contributed by atoms with E-state index in [9.17, 15) is 0 Å². The van der Waals surface area contributed by atoms with Gasteiger partial charge >= 0.3 is 0 Å². The maximum absolute atomic E-state index is 6.82. The summed E-state index contributed by atoms with van der Waals surface area (Å²) in [5.74, 6) is -0.318. The molecule has 0 amide bonds. The van der Waals surface area contributed by atoms with E-state index < -0.39 is 5.79 Å². The highest BCUT2D eigenvalue weighted by molar-refractivity contribution is 5.91. The molecule has 7 nitrogen and oxygen atoms in total. The molecule has 164 valence electrons. The van der Waals surface area contributed by atoms with Gasteiger partial charge in [0.05, 0.1) is 25.9 Å². The molecule has 3 aliphatic rings. The van der Waals surface area contributed by atoms with Crippen molar-refractivity contribution in [1.29, 1.82) is 0 Å². The normalized spacial score (nSPS) is 23.9. The van der Waals surface area contributed by atoms with Gasteiger partial charge in [0.15, 0.2) is 0 Å². The van der Waals surface area contributed by atoms with Crippen molar-refractivity contribution in [2.45, 2.75) is 25.7 Å². The number of anilines is 2. The molecule has 0 saturated carbocycles. The van der Waals surface area contributed by atoms with Crippen molar-refractivity contribution >= 4 is 17.6 Å². The van der Waals surface area contributed by atoms with E-state index in [-0.39, 0.29) is 5.41 Å². The number of nitrogens with zero attached hydrogens (tertiary/aromatic N) is 2. The van der Waals surface area contributed by atoms with Crippen LogP contribution in [0.15, 0.2) is 35.3 Å². The molecule has 31 heavy (non-hydrogen) atoms. The zero-order chi connectivity index (χ0) is 21.6.